The summed E-state index contributed by atoms with van der Waals surface area (Å²) in [5.41, 5.74) is 3.60. The van der Waals surface area contributed by atoms with Gasteiger partial charge in [-0.25, -0.2) is 4.37 Å². The van der Waals surface area contributed by atoms with Gasteiger partial charge in [0.15, 0.2) is 0 Å². The smallest absolute Gasteiger partial charge is 0.0501 e. The Morgan fingerprint density at radius 3 is 2.83 bits per heavy atom. The summed E-state index contributed by atoms with van der Waals surface area (Å²) in [6.07, 6.45) is 2.79. The summed E-state index contributed by atoms with van der Waals surface area (Å²) in [5, 5.41) is 0.846. The van der Waals surface area contributed by atoms with Gasteiger partial charge in [-0.3, -0.25) is 0 Å². The summed E-state index contributed by atoms with van der Waals surface area (Å²) < 4.78 is 4.22. The molecule has 0 saturated carbocycles. The van der Waals surface area contributed by atoms with E-state index >= 15 is 0 Å². The summed E-state index contributed by atoms with van der Waals surface area (Å²) in [4.78, 5) is 1.27. The average Bonchev–Trinajstić information content (AvgIpc) is 2.82. The number of halogens is 2. The molecule has 1 aromatic heterocycles. The van der Waals surface area contributed by atoms with Crippen LogP contribution in [-0.4, -0.2) is 4.37 Å². The molecule has 1 nitrogen and oxygen atoms in total. The lowest BCUT2D eigenvalue weighted by molar-refractivity contribution is 0.765. The summed E-state index contributed by atoms with van der Waals surface area (Å²) in [7, 11) is 0. The van der Waals surface area contributed by atoms with Crippen LogP contribution in [0.5, 0.6) is 0 Å². The molecule has 1 heterocycles. The van der Waals surface area contributed by atoms with Crippen LogP contribution in [0.25, 0.3) is 0 Å². The zero-order valence-electron chi connectivity index (χ0n) is 10.4. The number of hydrogen-bond donors (Lipinski definition) is 0. The fourth-order valence-corrected chi connectivity index (χ4v) is 3.49. The lowest BCUT2D eigenvalue weighted by atomic mass is 9.95. The van der Waals surface area contributed by atoms with Gasteiger partial charge in [0.1, 0.15) is 0 Å². The highest BCUT2D eigenvalue weighted by Gasteiger charge is 2.16. The molecule has 2 aromatic rings. The minimum atomic E-state index is 0.393. The Labute approximate surface area is 122 Å². The van der Waals surface area contributed by atoms with Gasteiger partial charge in [0.2, 0.25) is 0 Å². The van der Waals surface area contributed by atoms with E-state index in [1.807, 2.05) is 18.3 Å². The second-order valence-electron chi connectivity index (χ2n) is 4.49. The van der Waals surface area contributed by atoms with Crippen LogP contribution in [0.15, 0.2) is 24.4 Å². The second kappa shape index (κ2) is 6.05. The zero-order chi connectivity index (χ0) is 13.1. The summed E-state index contributed by atoms with van der Waals surface area (Å²) in [5.74, 6) is 0.919. The van der Waals surface area contributed by atoms with E-state index in [0.29, 0.717) is 11.8 Å². The van der Waals surface area contributed by atoms with E-state index in [4.69, 9.17) is 23.2 Å². The maximum absolute atomic E-state index is 6.27. The van der Waals surface area contributed by atoms with Crippen molar-refractivity contribution in [2.45, 2.75) is 32.1 Å². The summed E-state index contributed by atoms with van der Waals surface area (Å²) in [6.45, 7) is 4.30. The minimum Gasteiger partial charge on any atom is -0.201 e. The van der Waals surface area contributed by atoms with Crippen molar-refractivity contribution >= 4 is 34.7 Å². The minimum absolute atomic E-state index is 0.393. The fourth-order valence-electron chi connectivity index (χ4n) is 2.10. The number of benzene rings is 1. The van der Waals surface area contributed by atoms with E-state index in [2.05, 4.69) is 24.3 Å². The molecule has 18 heavy (non-hydrogen) atoms. The highest BCUT2D eigenvalue weighted by atomic mass is 35.5. The number of alkyl halides is 1. The van der Waals surface area contributed by atoms with Crippen LogP contribution in [0, 0.1) is 6.92 Å². The van der Waals surface area contributed by atoms with E-state index in [1.54, 1.807) is 0 Å². The van der Waals surface area contributed by atoms with Gasteiger partial charge in [-0.05, 0) is 48.0 Å². The van der Waals surface area contributed by atoms with Gasteiger partial charge in [0.25, 0.3) is 0 Å². The Hall–Kier alpha value is -0.570. The number of hydrogen-bond acceptors (Lipinski definition) is 2. The van der Waals surface area contributed by atoms with Crippen molar-refractivity contribution in [3.63, 3.8) is 0 Å². The monoisotopic (exact) mass is 299 g/mol. The molecule has 0 aliphatic rings. The fraction of sp³-hybridized carbons (Fsp3) is 0.357. The number of nitrogens with zero attached hydrogens (tertiary/aromatic N) is 1. The largest absolute Gasteiger partial charge is 0.201 e. The van der Waals surface area contributed by atoms with Crippen molar-refractivity contribution in [1.29, 1.82) is 0 Å². The maximum atomic E-state index is 6.27. The normalized spacial score (nSPS) is 12.7. The highest BCUT2D eigenvalue weighted by Crippen LogP contribution is 2.31. The predicted molar refractivity (Wildman–Crippen MR) is 80.0 cm³/mol. The van der Waals surface area contributed by atoms with E-state index < -0.39 is 0 Å². The SMILES string of the molecule is Cc1cccc(Cl)c1CC(C)c1sncc1CCl. The van der Waals surface area contributed by atoms with Crippen LogP contribution in [-0.2, 0) is 12.3 Å². The molecule has 0 bridgehead atoms. The van der Waals surface area contributed by atoms with Gasteiger partial charge in [0, 0.05) is 21.7 Å². The van der Waals surface area contributed by atoms with Crippen molar-refractivity contribution in [2.24, 2.45) is 0 Å². The molecule has 2 rings (SSSR count). The molecule has 0 N–H and O–H groups in total. The molecule has 4 heteroatoms. The first-order valence-corrected chi connectivity index (χ1v) is 7.55. The molecule has 0 fully saturated rings. The van der Waals surface area contributed by atoms with E-state index in [0.717, 1.165) is 17.0 Å². The Bertz CT molecular complexity index is 516. The lowest BCUT2D eigenvalue weighted by Crippen LogP contribution is -2.01. The third-order valence-electron chi connectivity index (χ3n) is 3.13. The first-order valence-electron chi connectivity index (χ1n) is 5.87. The quantitative estimate of drug-likeness (QED) is 0.708. The highest BCUT2D eigenvalue weighted by molar-refractivity contribution is 7.06. The van der Waals surface area contributed by atoms with Crippen molar-refractivity contribution in [2.75, 3.05) is 0 Å². The van der Waals surface area contributed by atoms with Gasteiger partial charge in [-0.1, -0.05) is 30.7 Å². The molecule has 0 spiro atoms. The topological polar surface area (TPSA) is 12.9 Å². The Kier molecular flexibility index (Phi) is 4.66. The molecular formula is C14H15Cl2NS. The number of aryl methyl sites for hydroxylation is 1. The number of rotatable bonds is 4. The predicted octanol–water partition coefficient (Wildman–Crippen LogP) is 5.19. The maximum Gasteiger partial charge on any atom is 0.0501 e. The van der Waals surface area contributed by atoms with Gasteiger partial charge >= 0.3 is 0 Å². The van der Waals surface area contributed by atoms with Gasteiger partial charge < -0.3 is 0 Å². The molecule has 96 valence electrons. The molecular weight excluding hydrogens is 285 g/mol. The summed E-state index contributed by atoms with van der Waals surface area (Å²) >= 11 is 13.7. The standard InChI is InChI=1S/C14H15Cl2NS/c1-9-4-3-5-13(16)12(9)6-10(2)14-11(7-15)8-17-18-14/h3-5,8,10H,6-7H2,1-2H3. The summed E-state index contributed by atoms with van der Waals surface area (Å²) in [6, 6.07) is 6.04. The van der Waals surface area contributed by atoms with E-state index in [-0.39, 0.29) is 0 Å². The van der Waals surface area contributed by atoms with Crippen LogP contribution in [0.2, 0.25) is 5.02 Å². The Morgan fingerprint density at radius 2 is 2.17 bits per heavy atom. The Morgan fingerprint density at radius 1 is 1.39 bits per heavy atom. The van der Waals surface area contributed by atoms with Crippen LogP contribution < -0.4 is 0 Å². The molecule has 1 atom stereocenters. The van der Waals surface area contributed by atoms with Crippen LogP contribution in [0.1, 0.15) is 34.4 Å². The molecule has 0 radical (unpaired) electrons. The molecule has 0 aliphatic carbocycles. The first-order chi connectivity index (χ1) is 8.63. The molecule has 1 unspecified atom stereocenters. The average molecular weight is 300 g/mol. The third kappa shape index (κ3) is 2.87. The van der Waals surface area contributed by atoms with Gasteiger partial charge in [0.05, 0.1) is 5.88 Å². The Balaban J connectivity index is 2.24. The van der Waals surface area contributed by atoms with Gasteiger partial charge in [-0.15, -0.1) is 11.6 Å². The zero-order valence-corrected chi connectivity index (χ0v) is 12.7. The van der Waals surface area contributed by atoms with Crippen LogP contribution in [0.4, 0.5) is 0 Å². The first kappa shape index (κ1) is 13.9. The van der Waals surface area contributed by atoms with Gasteiger partial charge in [-0.2, -0.15) is 0 Å². The van der Waals surface area contributed by atoms with Crippen LogP contribution >= 0.6 is 34.7 Å². The van der Waals surface area contributed by atoms with Crippen LogP contribution in [0.3, 0.4) is 0 Å². The molecule has 1 aromatic carbocycles. The molecule has 0 saturated heterocycles. The molecule has 0 aliphatic heterocycles. The number of aromatic nitrogens is 1. The van der Waals surface area contributed by atoms with Crippen molar-refractivity contribution in [1.82, 2.24) is 4.37 Å². The van der Waals surface area contributed by atoms with Crippen molar-refractivity contribution < 1.29 is 0 Å². The van der Waals surface area contributed by atoms with E-state index in [1.165, 1.54) is 27.5 Å². The third-order valence-corrected chi connectivity index (χ3v) is 4.85. The van der Waals surface area contributed by atoms with Crippen molar-refractivity contribution in [3.05, 3.63) is 51.0 Å². The lowest BCUT2D eigenvalue weighted by Gasteiger charge is -2.14. The van der Waals surface area contributed by atoms with Crippen molar-refractivity contribution in [3.8, 4) is 0 Å². The second-order valence-corrected chi connectivity index (χ2v) is 6.00. The van der Waals surface area contributed by atoms with E-state index in [9.17, 15) is 0 Å². The molecule has 0 amide bonds.